The number of benzene rings is 2. The van der Waals surface area contributed by atoms with Gasteiger partial charge in [0.05, 0.1) is 85.2 Å². The summed E-state index contributed by atoms with van der Waals surface area (Å²) in [7, 11) is 1.36. The molecule has 0 unspecified atom stereocenters. The molecule has 358 valence electrons. The Morgan fingerprint density at radius 3 is 2.17 bits per heavy atom. The standard InChI is InChI=1S/C47H66N4O14/c1-24-13-12-14-25(2)46(60)49-37-32(23-48-50-18-20-51(62,21-19-50)31-15-10-11-16-31)42(57)34-35(43(37)58)40(55)28(5)41(56)36(34)45(59)47(8,61)64-22-17-33(63-9)26(3)44(65-30(7)52)29(6)39(54)27(4)38(24)53/h12-14,17,22-24,26-27,29,31,33,38-39,44,53-58,61H,10-11,15-16,18-21H2,1-9H3,(H,49,60)/b13-12+,22-17+,25-14-,48-23+/t24-,26+,27+,29+,33-,38-,39+,44+,47+/m0/s1. The number of hydrogen-bond acceptors (Lipinski definition) is 16. The van der Waals surface area contributed by atoms with Gasteiger partial charge in [0.2, 0.25) is 5.78 Å². The highest BCUT2D eigenvalue weighted by Crippen LogP contribution is 2.52. The first-order valence-corrected chi connectivity index (χ1v) is 22.1. The number of fused-ring (bicyclic) bond motifs is 16. The lowest BCUT2D eigenvalue weighted by Crippen LogP contribution is -2.59. The summed E-state index contributed by atoms with van der Waals surface area (Å²) in [5.41, 5.74) is -1.77. The molecule has 0 radical (unpaired) electrons. The Morgan fingerprint density at radius 2 is 1.57 bits per heavy atom. The number of piperazine rings is 1. The topological polar surface area (TPSA) is 271 Å². The quantitative estimate of drug-likeness (QED) is 0.0492. The number of ketones is 1. The highest BCUT2D eigenvalue weighted by Gasteiger charge is 2.42. The van der Waals surface area contributed by atoms with Gasteiger partial charge in [0.1, 0.15) is 23.4 Å². The molecule has 0 spiro atoms. The number of carbonyl (C=O) groups is 3. The van der Waals surface area contributed by atoms with Crippen LogP contribution in [0.3, 0.4) is 0 Å². The van der Waals surface area contributed by atoms with Crippen molar-refractivity contribution >= 4 is 40.3 Å². The zero-order valence-corrected chi connectivity index (χ0v) is 38.6. The fourth-order valence-electron chi connectivity index (χ4n) is 9.29. The van der Waals surface area contributed by atoms with Crippen molar-refractivity contribution in [3.05, 3.63) is 58.0 Å². The summed E-state index contributed by atoms with van der Waals surface area (Å²) in [6.45, 7) is 12.6. The molecule has 2 aromatic rings. The molecule has 1 aliphatic carbocycles. The smallest absolute Gasteiger partial charge is 0.302 e. The summed E-state index contributed by atoms with van der Waals surface area (Å²) >= 11 is 0. The summed E-state index contributed by atoms with van der Waals surface area (Å²) in [5, 5.41) is 103. The Labute approximate surface area is 379 Å². The summed E-state index contributed by atoms with van der Waals surface area (Å²) < 4.78 is 16.6. The molecule has 1 saturated heterocycles. The number of hydroxylamine groups is 3. The predicted molar refractivity (Wildman–Crippen MR) is 242 cm³/mol. The van der Waals surface area contributed by atoms with Gasteiger partial charge in [0.25, 0.3) is 11.7 Å². The van der Waals surface area contributed by atoms with E-state index in [1.54, 1.807) is 38.8 Å². The van der Waals surface area contributed by atoms with Crippen LogP contribution in [-0.2, 0) is 23.8 Å². The van der Waals surface area contributed by atoms with Gasteiger partial charge in [-0.05, 0) is 45.6 Å². The molecule has 0 aromatic heterocycles. The number of phenolic OH excluding ortho intramolecular Hbond substituents is 4. The number of phenols is 4. The van der Waals surface area contributed by atoms with Gasteiger partial charge in [-0.15, -0.1) is 0 Å². The molecule has 6 rings (SSSR count). The van der Waals surface area contributed by atoms with Crippen LogP contribution in [0, 0.1) is 35.8 Å². The number of carbonyl (C=O) groups excluding carboxylic acids is 3. The van der Waals surface area contributed by atoms with E-state index in [1.807, 2.05) is 0 Å². The number of esters is 1. The van der Waals surface area contributed by atoms with Crippen molar-refractivity contribution in [3.8, 4) is 23.0 Å². The maximum absolute atomic E-state index is 14.4. The highest BCUT2D eigenvalue weighted by molar-refractivity contribution is 6.22. The van der Waals surface area contributed by atoms with E-state index < -0.39 is 117 Å². The molecular formula is C47H66N4O14. The summed E-state index contributed by atoms with van der Waals surface area (Å²) in [5.74, 6) is -11.6. The summed E-state index contributed by atoms with van der Waals surface area (Å²) in [4.78, 5) is 40.6. The van der Waals surface area contributed by atoms with E-state index in [0.29, 0.717) is 0 Å². The number of Topliss-reactive ketones (excluding diaryl/α,β-unsaturated/α-hetero) is 1. The van der Waals surface area contributed by atoms with Gasteiger partial charge in [-0.25, -0.2) is 0 Å². The van der Waals surface area contributed by atoms with Crippen LogP contribution >= 0.6 is 0 Å². The molecule has 18 nitrogen and oxygen atoms in total. The Morgan fingerprint density at radius 1 is 0.938 bits per heavy atom. The molecule has 1 saturated carbocycles. The van der Waals surface area contributed by atoms with Gasteiger partial charge >= 0.3 is 5.97 Å². The monoisotopic (exact) mass is 910 g/mol. The third kappa shape index (κ3) is 10.6. The van der Waals surface area contributed by atoms with E-state index in [9.17, 15) is 55.3 Å². The molecular weight excluding hydrogens is 845 g/mol. The summed E-state index contributed by atoms with van der Waals surface area (Å²) in [6, 6.07) is 0.0102. The maximum atomic E-state index is 14.4. The van der Waals surface area contributed by atoms with Gasteiger partial charge in [0.15, 0.2) is 5.75 Å². The van der Waals surface area contributed by atoms with Crippen molar-refractivity contribution in [2.45, 2.75) is 117 Å². The Balaban J connectivity index is 1.69. The van der Waals surface area contributed by atoms with Crippen molar-refractivity contribution in [2.24, 2.45) is 28.8 Å². The minimum atomic E-state index is -2.81. The Hall–Kier alpha value is -5.24. The zero-order chi connectivity index (χ0) is 48.3. The molecule has 4 aliphatic rings. The van der Waals surface area contributed by atoms with Crippen LogP contribution in [0.1, 0.15) is 95.6 Å². The van der Waals surface area contributed by atoms with E-state index in [-0.39, 0.29) is 53.6 Å². The largest absolute Gasteiger partial charge is 0.632 e. The highest BCUT2D eigenvalue weighted by atomic mass is 16.6. The molecule has 3 aliphatic heterocycles. The lowest BCUT2D eigenvalue weighted by molar-refractivity contribution is -0.909. The Bertz CT molecular complexity index is 2220. The number of nitrogens with one attached hydrogen (secondary N) is 1. The van der Waals surface area contributed by atoms with E-state index in [1.165, 1.54) is 46.1 Å². The van der Waals surface area contributed by atoms with Crippen LogP contribution in [0.4, 0.5) is 5.69 Å². The number of aliphatic hydroxyl groups excluding tert-OH is 2. The molecule has 18 heteroatoms. The molecule has 9 atom stereocenters. The van der Waals surface area contributed by atoms with Crippen LogP contribution < -0.4 is 5.32 Å². The summed E-state index contributed by atoms with van der Waals surface area (Å²) in [6.07, 6.45) is 7.52. The SMILES string of the molecule is CO[C@H]1/C=C/O[C@@](C)(O)C(=O)c2c(O)c(C)c(O)c3c(O)c(c(/C=N/N4CC[N+]([O-])(C5CCCC5)CC4)c(O)c23)NC(=O)/C(C)=C\C=C\[C@H](C)[C@H](O)[C@@H](C)[C@@H](O)[C@@H](C)[C@H](OC(C)=O)[C@@H]1C. The van der Waals surface area contributed by atoms with Crippen LogP contribution in [-0.4, -0.2) is 139 Å². The van der Waals surface area contributed by atoms with Crippen LogP contribution in [0.15, 0.2) is 41.2 Å². The van der Waals surface area contributed by atoms with E-state index >= 15 is 0 Å². The van der Waals surface area contributed by atoms with Crippen molar-refractivity contribution in [1.82, 2.24) is 5.01 Å². The van der Waals surface area contributed by atoms with Gasteiger partial charge in [0, 0.05) is 61.2 Å². The molecule has 4 bridgehead atoms. The number of hydrazone groups is 1. The number of allylic oxidation sites excluding steroid dienone is 2. The van der Waals surface area contributed by atoms with Crippen molar-refractivity contribution in [2.75, 3.05) is 38.6 Å². The minimum absolute atomic E-state index is 0.0102. The van der Waals surface area contributed by atoms with E-state index in [2.05, 4.69) is 10.4 Å². The second-order valence-electron chi connectivity index (χ2n) is 18.1. The number of quaternary nitrogens is 1. The molecule has 65 heavy (non-hydrogen) atoms. The second-order valence-corrected chi connectivity index (χ2v) is 18.1. The first-order valence-electron chi connectivity index (χ1n) is 22.1. The number of aliphatic hydroxyl groups is 3. The number of methoxy groups -OCH3 is 1. The first kappa shape index (κ1) is 50.8. The molecule has 2 aromatic carbocycles. The van der Waals surface area contributed by atoms with E-state index in [0.717, 1.165) is 45.1 Å². The average molecular weight is 911 g/mol. The zero-order valence-electron chi connectivity index (χ0n) is 38.6. The fourth-order valence-corrected chi connectivity index (χ4v) is 9.29. The van der Waals surface area contributed by atoms with Gasteiger partial charge in [-0.2, -0.15) is 5.10 Å². The van der Waals surface area contributed by atoms with Gasteiger partial charge < -0.3 is 65.1 Å². The number of aromatic hydroxyl groups is 4. The number of amides is 1. The molecule has 2 fully saturated rings. The lowest BCUT2D eigenvalue weighted by atomic mass is 9.78. The number of anilines is 1. The first-order chi connectivity index (χ1) is 30.5. The van der Waals surface area contributed by atoms with Gasteiger partial charge in [-0.1, -0.05) is 45.9 Å². The third-order valence-corrected chi connectivity index (χ3v) is 13.6. The number of nitrogens with zero attached hydrogens (tertiary/aromatic N) is 3. The van der Waals surface area contributed by atoms with Gasteiger partial charge in [-0.3, -0.25) is 19.4 Å². The lowest BCUT2D eigenvalue weighted by Gasteiger charge is -2.51. The van der Waals surface area contributed by atoms with Crippen LogP contribution in [0.25, 0.3) is 10.8 Å². The predicted octanol–water partition coefficient (Wildman–Crippen LogP) is 4.97. The molecule has 3 heterocycles. The molecule has 1 amide bonds. The minimum Gasteiger partial charge on any atom is -0.632 e. The van der Waals surface area contributed by atoms with Crippen molar-refractivity contribution < 1.29 is 69.0 Å². The average Bonchev–Trinajstić information content (AvgIpc) is 3.83. The van der Waals surface area contributed by atoms with Crippen LogP contribution in [0.2, 0.25) is 0 Å². The normalized spacial score (nSPS) is 31.9. The van der Waals surface area contributed by atoms with E-state index in [4.69, 9.17) is 14.2 Å². The Kier molecular flexibility index (Phi) is 16.0. The van der Waals surface area contributed by atoms with Crippen LogP contribution in [0.5, 0.6) is 23.0 Å². The maximum Gasteiger partial charge on any atom is 0.302 e. The van der Waals surface area contributed by atoms with Crippen molar-refractivity contribution in [3.63, 3.8) is 0 Å². The molecule has 8 N–H and O–H groups in total. The number of hydrogen-bond donors (Lipinski definition) is 8. The third-order valence-electron chi connectivity index (χ3n) is 13.6. The van der Waals surface area contributed by atoms with Crippen molar-refractivity contribution in [1.29, 1.82) is 0 Å². The second kappa shape index (κ2) is 20.5. The number of ether oxygens (including phenoxy) is 3. The fraction of sp³-hybridized carbons (Fsp3) is 0.574. The number of rotatable bonds is 5.